The second-order valence-corrected chi connectivity index (χ2v) is 5.69. The van der Waals surface area contributed by atoms with Crippen molar-refractivity contribution in [1.82, 2.24) is 15.2 Å². The fourth-order valence-corrected chi connectivity index (χ4v) is 2.60. The highest BCUT2D eigenvalue weighted by Crippen LogP contribution is 2.22. The third kappa shape index (κ3) is 2.90. The van der Waals surface area contributed by atoms with E-state index in [1.807, 2.05) is 27.8 Å². The van der Waals surface area contributed by atoms with Gasteiger partial charge in [-0.05, 0) is 26.3 Å². The van der Waals surface area contributed by atoms with Crippen molar-refractivity contribution in [3.05, 3.63) is 32.9 Å². The molecule has 0 aliphatic carbocycles. The highest BCUT2D eigenvalue weighted by molar-refractivity contribution is 7.09. The van der Waals surface area contributed by atoms with Gasteiger partial charge in [-0.25, -0.2) is 4.98 Å². The molecule has 0 aromatic carbocycles. The molecule has 2 aromatic rings. The van der Waals surface area contributed by atoms with E-state index in [9.17, 15) is 0 Å². The largest absolute Gasteiger partial charge is 0.352 e. The summed E-state index contributed by atoms with van der Waals surface area (Å²) in [6, 6.07) is 0. The Bertz CT molecular complexity index is 578. The Labute approximate surface area is 117 Å². The first-order chi connectivity index (χ1) is 9.02. The smallest absolute Gasteiger partial charge is 0.156 e. The number of aryl methyl sites for hydroxylation is 2. The number of hydrogen-bond acceptors (Lipinski definition) is 6. The molecule has 102 valence electrons. The van der Waals surface area contributed by atoms with Gasteiger partial charge in [0.1, 0.15) is 0 Å². The molecule has 0 atom stereocenters. The fourth-order valence-electron chi connectivity index (χ4n) is 1.99. The lowest BCUT2D eigenvalue weighted by molar-refractivity contribution is 0.811. The third-order valence-electron chi connectivity index (χ3n) is 3.19. The lowest BCUT2D eigenvalue weighted by atomic mass is 10.1. The van der Waals surface area contributed by atoms with Crippen molar-refractivity contribution in [3.63, 3.8) is 0 Å². The maximum atomic E-state index is 5.85. The summed E-state index contributed by atoms with van der Waals surface area (Å²) in [4.78, 5) is 6.52. The Morgan fingerprint density at radius 3 is 2.58 bits per heavy atom. The molecule has 0 amide bonds. The van der Waals surface area contributed by atoms with E-state index in [2.05, 4.69) is 25.5 Å². The van der Waals surface area contributed by atoms with Crippen molar-refractivity contribution in [2.24, 2.45) is 5.73 Å². The molecule has 0 aliphatic rings. The van der Waals surface area contributed by atoms with Crippen molar-refractivity contribution in [2.75, 3.05) is 11.9 Å². The zero-order chi connectivity index (χ0) is 14.0. The summed E-state index contributed by atoms with van der Waals surface area (Å²) < 4.78 is 0. The molecule has 0 bridgehead atoms. The van der Waals surface area contributed by atoms with E-state index in [-0.39, 0.29) is 0 Å². The second kappa shape index (κ2) is 5.63. The average molecular weight is 277 g/mol. The molecule has 5 nitrogen and oxygen atoms in total. The van der Waals surface area contributed by atoms with E-state index < -0.39 is 0 Å². The van der Waals surface area contributed by atoms with Crippen molar-refractivity contribution >= 4 is 17.2 Å². The second-order valence-electron chi connectivity index (χ2n) is 4.63. The van der Waals surface area contributed by atoms with Crippen LogP contribution >= 0.6 is 11.3 Å². The normalized spacial score (nSPS) is 10.8. The molecule has 2 rings (SSSR count). The maximum Gasteiger partial charge on any atom is 0.156 e. The van der Waals surface area contributed by atoms with Crippen LogP contribution in [0.15, 0.2) is 5.38 Å². The van der Waals surface area contributed by atoms with Gasteiger partial charge in [-0.2, -0.15) is 5.10 Å². The van der Waals surface area contributed by atoms with Gasteiger partial charge < -0.3 is 10.6 Å². The first-order valence-electron chi connectivity index (χ1n) is 6.18. The van der Waals surface area contributed by atoms with Gasteiger partial charge in [-0.15, -0.1) is 16.4 Å². The van der Waals surface area contributed by atoms with Crippen LogP contribution in [-0.4, -0.2) is 22.2 Å². The maximum absolute atomic E-state index is 5.85. The van der Waals surface area contributed by atoms with Crippen LogP contribution in [0.4, 0.5) is 5.82 Å². The molecule has 2 N–H and O–H groups in total. The predicted molar refractivity (Wildman–Crippen MR) is 78.4 cm³/mol. The number of aromatic nitrogens is 3. The van der Waals surface area contributed by atoms with Crippen molar-refractivity contribution < 1.29 is 0 Å². The average Bonchev–Trinajstić information content (AvgIpc) is 2.77. The number of thiazole rings is 1. The standard InChI is InChI=1S/C13H19N5S/c1-8-9(2)16-17-13(12(8)5-14)18(4)6-11-7-19-10(3)15-11/h7H,5-6,14H2,1-4H3. The summed E-state index contributed by atoms with van der Waals surface area (Å²) in [5.41, 5.74) is 10.0. The molecular formula is C13H19N5S. The molecule has 0 radical (unpaired) electrons. The topological polar surface area (TPSA) is 67.9 Å². The summed E-state index contributed by atoms with van der Waals surface area (Å²) in [7, 11) is 1.99. The summed E-state index contributed by atoms with van der Waals surface area (Å²) in [5.74, 6) is 0.844. The zero-order valence-corrected chi connectivity index (χ0v) is 12.6. The van der Waals surface area contributed by atoms with Crippen LogP contribution in [0, 0.1) is 20.8 Å². The molecular weight excluding hydrogens is 258 g/mol. The minimum Gasteiger partial charge on any atom is -0.352 e. The fraction of sp³-hybridized carbons (Fsp3) is 0.462. The molecule has 19 heavy (non-hydrogen) atoms. The summed E-state index contributed by atoms with van der Waals surface area (Å²) in [6.07, 6.45) is 0. The van der Waals surface area contributed by atoms with Gasteiger partial charge in [0.2, 0.25) is 0 Å². The molecule has 0 saturated carbocycles. The monoisotopic (exact) mass is 277 g/mol. The third-order valence-corrected chi connectivity index (χ3v) is 4.01. The van der Waals surface area contributed by atoms with Gasteiger partial charge in [0, 0.05) is 24.5 Å². The van der Waals surface area contributed by atoms with Crippen LogP contribution in [0.25, 0.3) is 0 Å². The van der Waals surface area contributed by atoms with Gasteiger partial charge in [0.15, 0.2) is 5.82 Å². The van der Waals surface area contributed by atoms with Crippen LogP contribution in [-0.2, 0) is 13.1 Å². The Kier molecular flexibility index (Phi) is 4.11. The van der Waals surface area contributed by atoms with E-state index in [1.54, 1.807) is 11.3 Å². The quantitative estimate of drug-likeness (QED) is 0.925. The Hall–Kier alpha value is -1.53. The molecule has 0 unspecified atom stereocenters. The van der Waals surface area contributed by atoms with Crippen LogP contribution in [0.3, 0.4) is 0 Å². The zero-order valence-electron chi connectivity index (χ0n) is 11.8. The molecule has 2 heterocycles. The summed E-state index contributed by atoms with van der Waals surface area (Å²) >= 11 is 1.66. The van der Waals surface area contributed by atoms with Crippen LogP contribution in [0.1, 0.15) is 27.5 Å². The molecule has 0 spiro atoms. The van der Waals surface area contributed by atoms with Gasteiger partial charge in [0.05, 0.1) is 22.9 Å². The highest BCUT2D eigenvalue weighted by Gasteiger charge is 2.14. The molecule has 6 heteroatoms. The van der Waals surface area contributed by atoms with Crippen molar-refractivity contribution in [2.45, 2.75) is 33.9 Å². The molecule has 0 saturated heterocycles. The number of nitrogens with two attached hydrogens (primary N) is 1. The van der Waals surface area contributed by atoms with E-state index in [0.29, 0.717) is 13.1 Å². The Morgan fingerprint density at radius 1 is 1.26 bits per heavy atom. The van der Waals surface area contributed by atoms with E-state index >= 15 is 0 Å². The van der Waals surface area contributed by atoms with Gasteiger partial charge in [0.25, 0.3) is 0 Å². The van der Waals surface area contributed by atoms with E-state index in [0.717, 1.165) is 33.3 Å². The highest BCUT2D eigenvalue weighted by atomic mass is 32.1. The number of anilines is 1. The minimum atomic E-state index is 0.470. The first-order valence-corrected chi connectivity index (χ1v) is 7.05. The molecule has 0 aliphatic heterocycles. The van der Waals surface area contributed by atoms with Crippen molar-refractivity contribution in [1.29, 1.82) is 0 Å². The van der Waals surface area contributed by atoms with Gasteiger partial charge >= 0.3 is 0 Å². The van der Waals surface area contributed by atoms with Crippen LogP contribution in [0.5, 0.6) is 0 Å². The summed E-state index contributed by atoms with van der Waals surface area (Å²) in [5, 5.41) is 11.6. The molecule has 0 fully saturated rings. The van der Waals surface area contributed by atoms with Crippen LogP contribution < -0.4 is 10.6 Å². The van der Waals surface area contributed by atoms with Gasteiger partial charge in [-0.1, -0.05) is 0 Å². The first kappa shape index (κ1) is 13.9. The lowest BCUT2D eigenvalue weighted by Crippen LogP contribution is -2.22. The minimum absolute atomic E-state index is 0.470. The lowest BCUT2D eigenvalue weighted by Gasteiger charge is -2.21. The molecule has 2 aromatic heterocycles. The predicted octanol–water partition coefficient (Wildman–Crippen LogP) is 1.95. The van der Waals surface area contributed by atoms with Gasteiger partial charge in [-0.3, -0.25) is 0 Å². The number of hydrogen-bond donors (Lipinski definition) is 1. The van der Waals surface area contributed by atoms with E-state index in [1.165, 1.54) is 0 Å². The number of rotatable bonds is 4. The number of nitrogens with zero attached hydrogens (tertiary/aromatic N) is 4. The van der Waals surface area contributed by atoms with Crippen LogP contribution in [0.2, 0.25) is 0 Å². The summed E-state index contributed by atoms with van der Waals surface area (Å²) in [6.45, 7) is 7.19. The Balaban J connectivity index is 2.28. The Morgan fingerprint density at radius 2 is 2.00 bits per heavy atom. The van der Waals surface area contributed by atoms with E-state index in [4.69, 9.17) is 5.73 Å². The SMILES string of the molecule is Cc1nc(CN(C)c2nnc(C)c(C)c2CN)cs1. The van der Waals surface area contributed by atoms with Crippen molar-refractivity contribution in [3.8, 4) is 0 Å².